The molecule has 1 aromatic rings. The Bertz CT molecular complexity index is 843. The largest absolute Gasteiger partial charge is 0.506 e. The molecule has 1 aliphatic heterocycles. The van der Waals surface area contributed by atoms with Gasteiger partial charge in [-0.1, -0.05) is 43.0 Å². The molecule has 9 heteroatoms. The lowest BCUT2D eigenvalue weighted by Gasteiger charge is -2.54. The fourth-order valence-electron chi connectivity index (χ4n) is 4.90. The molecule has 6 unspecified atom stereocenters. The standard InChI is InChI=1S/C21H26Cl4O5/c1-4-5-6-7-8-13(22)18(27)10-9-12(21(2,3)30-19(10)14(8)23)16(25)15(24)11(17(9)26)20(28)29/h9,11-12,15-17,26-27H,4-7H2,1-3H3,(H,28,29). The van der Waals surface area contributed by atoms with Gasteiger partial charge in [0, 0.05) is 17.4 Å². The third-order valence-corrected chi connectivity index (χ3v) is 8.39. The van der Waals surface area contributed by atoms with Crippen molar-refractivity contribution in [1.82, 2.24) is 0 Å². The topological polar surface area (TPSA) is 87.0 Å². The number of fused-ring (bicyclic) bond motifs is 3. The van der Waals surface area contributed by atoms with Gasteiger partial charge in [0.05, 0.1) is 26.9 Å². The lowest BCUT2D eigenvalue weighted by Crippen LogP contribution is -2.61. The summed E-state index contributed by atoms with van der Waals surface area (Å²) in [6, 6.07) is 0. The maximum Gasteiger partial charge on any atom is 0.310 e. The summed E-state index contributed by atoms with van der Waals surface area (Å²) in [5.74, 6) is -4.06. The van der Waals surface area contributed by atoms with Gasteiger partial charge in [0.2, 0.25) is 0 Å². The Hall–Kier alpha value is -0.590. The second-order valence-electron chi connectivity index (χ2n) is 8.66. The number of phenols is 1. The fraction of sp³-hybridized carbons (Fsp3) is 0.667. The Morgan fingerprint density at radius 1 is 1.13 bits per heavy atom. The van der Waals surface area contributed by atoms with Crippen LogP contribution in [0.3, 0.4) is 0 Å². The summed E-state index contributed by atoms with van der Waals surface area (Å²) in [5, 5.41) is 30.3. The van der Waals surface area contributed by atoms with Gasteiger partial charge in [-0.15, -0.1) is 23.2 Å². The van der Waals surface area contributed by atoms with E-state index in [1.165, 1.54) is 0 Å². The van der Waals surface area contributed by atoms with Crippen molar-refractivity contribution in [2.24, 2.45) is 11.8 Å². The van der Waals surface area contributed by atoms with Gasteiger partial charge in [0.25, 0.3) is 0 Å². The van der Waals surface area contributed by atoms with Crippen LogP contribution in [0.15, 0.2) is 0 Å². The molecule has 6 atom stereocenters. The van der Waals surface area contributed by atoms with Crippen molar-refractivity contribution >= 4 is 52.4 Å². The number of rotatable bonds is 5. The number of halogens is 4. The minimum absolute atomic E-state index is 0.0927. The fourth-order valence-corrected chi connectivity index (χ4v) is 6.60. The molecule has 0 saturated heterocycles. The number of alkyl halides is 2. The van der Waals surface area contributed by atoms with E-state index in [0.717, 1.165) is 19.3 Å². The molecular weight excluding hydrogens is 474 g/mol. The zero-order valence-corrected chi connectivity index (χ0v) is 20.0. The van der Waals surface area contributed by atoms with Crippen LogP contribution in [0.25, 0.3) is 0 Å². The molecule has 2 aliphatic rings. The average molecular weight is 500 g/mol. The highest BCUT2D eigenvalue weighted by Crippen LogP contribution is 2.60. The van der Waals surface area contributed by atoms with Crippen molar-refractivity contribution in [2.75, 3.05) is 0 Å². The molecule has 30 heavy (non-hydrogen) atoms. The summed E-state index contributed by atoms with van der Waals surface area (Å²) in [6.45, 7) is 5.66. The zero-order chi connectivity index (χ0) is 22.5. The highest BCUT2D eigenvalue weighted by Gasteiger charge is 2.61. The third-order valence-electron chi connectivity index (χ3n) is 6.37. The molecule has 1 aromatic carbocycles. The lowest BCUT2D eigenvalue weighted by molar-refractivity contribution is -0.151. The maximum atomic E-state index is 11.8. The van der Waals surface area contributed by atoms with Crippen LogP contribution in [0, 0.1) is 11.8 Å². The van der Waals surface area contributed by atoms with Gasteiger partial charge in [-0.2, -0.15) is 0 Å². The molecule has 0 aromatic heterocycles. The van der Waals surface area contributed by atoms with Crippen molar-refractivity contribution in [2.45, 2.75) is 74.8 Å². The van der Waals surface area contributed by atoms with Crippen molar-refractivity contribution < 1.29 is 24.9 Å². The third kappa shape index (κ3) is 3.75. The van der Waals surface area contributed by atoms with Crippen LogP contribution < -0.4 is 4.74 Å². The molecule has 1 aliphatic carbocycles. The monoisotopic (exact) mass is 498 g/mol. The number of carboxylic acid groups (broad SMARTS) is 1. The van der Waals surface area contributed by atoms with Crippen molar-refractivity contribution in [1.29, 1.82) is 0 Å². The first kappa shape index (κ1) is 24.1. The number of carbonyl (C=O) groups is 1. The molecule has 0 bridgehead atoms. The summed E-state index contributed by atoms with van der Waals surface area (Å²) in [4.78, 5) is 11.8. The zero-order valence-electron chi connectivity index (χ0n) is 17.0. The van der Waals surface area contributed by atoms with Crippen molar-refractivity contribution in [3.05, 3.63) is 21.2 Å². The Balaban J connectivity index is 2.21. The van der Waals surface area contributed by atoms with Gasteiger partial charge in [0.1, 0.15) is 23.0 Å². The predicted octanol–water partition coefficient (Wildman–Crippen LogP) is 5.59. The van der Waals surface area contributed by atoms with Crippen LogP contribution in [-0.4, -0.2) is 43.7 Å². The normalized spacial score (nSPS) is 32.1. The SMILES string of the molecule is CCCCCc1c(Cl)c(O)c2c(c1Cl)OC(C)(C)C1C(Cl)C(Cl)C(C(=O)O)C(O)C21. The van der Waals surface area contributed by atoms with E-state index in [1.54, 1.807) is 13.8 Å². The van der Waals surface area contributed by atoms with Crippen molar-refractivity contribution in [3.63, 3.8) is 0 Å². The number of hydrogen-bond donors (Lipinski definition) is 3. The molecule has 1 saturated carbocycles. The Morgan fingerprint density at radius 3 is 2.33 bits per heavy atom. The van der Waals surface area contributed by atoms with E-state index in [9.17, 15) is 20.1 Å². The van der Waals surface area contributed by atoms with E-state index < -0.39 is 46.2 Å². The molecular formula is C21H26Cl4O5. The average Bonchev–Trinajstić information content (AvgIpc) is 2.65. The first-order chi connectivity index (χ1) is 14.0. The number of phenolic OH excluding ortho intramolecular Hbond substituents is 1. The minimum Gasteiger partial charge on any atom is -0.506 e. The van der Waals surface area contributed by atoms with E-state index >= 15 is 0 Å². The number of carboxylic acids is 1. The number of benzene rings is 1. The van der Waals surface area contributed by atoms with Crippen LogP contribution >= 0.6 is 46.4 Å². The second-order valence-corrected chi connectivity index (χ2v) is 10.4. The molecule has 5 nitrogen and oxygen atoms in total. The Kier molecular flexibility index (Phi) is 7.01. The van der Waals surface area contributed by atoms with E-state index in [1.807, 2.05) is 0 Å². The van der Waals surface area contributed by atoms with Gasteiger partial charge in [-0.3, -0.25) is 4.79 Å². The first-order valence-electron chi connectivity index (χ1n) is 10.1. The van der Waals surface area contributed by atoms with Crippen LogP contribution in [0.2, 0.25) is 10.0 Å². The van der Waals surface area contributed by atoms with Gasteiger partial charge < -0.3 is 20.1 Å². The van der Waals surface area contributed by atoms with E-state index in [2.05, 4.69) is 6.92 Å². The van der Waals surface area contributed by atoms with Crippen LogP contribution in [0.1, 0.15) is 57.1 Å². The molecule has 168 valence electrons. The lowest BCUT2D eigenvalue weighted by atomic mass is 9.61. The highest BCUT2D eigenvalue weighted by molar-refractivity contribution is 6.38. The number of unbranched alkanes of at least 4 members (excludes halogenated alkanes) is 2. The van der Waals surface area contributed by atoms with Gasteiger partial charge >= 0.3 is 5.97 Å². The number of aliphatic hydroxyl groups is 1. The molecule has 3 rings (SSSR count). The highest BCUT2D eigenvalue weighted by atomic mass is 35.5. The summed E-state index contributed by atoms with van der Waals surface area (Å²) < 4.78 is 6.21. The first-order valence-corrected chi connectivity index (χ1v) is 11.7. The van der Waals surface area contributed by atoms with E-state index in [-0.39, 0.29) is 27.1 Å². The Labute approximate surface area is 196 Å². The molecule has 3 N–H and O–H groups in total. The Morgan fingerprint density at radius 2 is 1.77 bits per heavy atom. The smallest absolute Gasteiger partial charge is 0.310 e. The number of aliphatic hydroxyl groups excluding tert-OH is 1. The van der Waals surface area contributed by atoms with Crippen LogP contribution in [0.5, 0.6) is 11.5 Å². The van der Waals surface area contributed by atoms with E-state index in [4.69, 9.17) is 51.1 Å². The number of hydrogen-bond acceptors (Lipinski definition) is 4. The molecule has 1 fully saturated rings. The quantitative estimate of drug-likeness (QED) is 0.363. The van der Waals surface area contributed by atoms with Crippen molar-refractivity contribution in [3.8, 4) is 11.5 Å². The summed E-state index contributed by atoms with van der Waals surface area (Å²) in [5.41, 5.74) is -0.150. The second kappa shape index (κ2) is 8.74. The minimum atomic E-state index is -1.41. The number of aliphatic carboxylic acids is 1. The maximum absolute atomic E-state index is 11.8. The summed E-state index contributed by atoms with van der Waals surface area (Å²) in [7, 11) is 0. The number of aromatic hydroxyl groups is 1. The molecule has 0 radical (unpaired) electrons. The van der Waals surface area contributed by atoms with Crippen LogP contribution in [-0.2, 0) is 11.2 Å². The molecule has 0 spiro atoms. The van der Waals surface area contributed by atoms with Gasteiger partial charge in [0.15, 0.2) is 0 Å². The summed E-state index contributed by atoms with van der Waals surface area (Å²) >= 11 is 26.1. The molecule has 1 heterocycles. The van der Waals surface area contributed by atoms with Crippen LogP contribution in [0.4, 0.5) is 0 Å². The number of ether oxygens (including phenoxy) is 1. The van der Waals surface area contributed by atoms with Gasteiger partial charge in [-0.25, -0.2) is 0 Å². The predicted molar refractivity (Wildman–Crippen MR) is 119 cm³/mol. The molecule has 0 amide bonds. The summed E-state index contributed by atoms with van der Waals surface area (Å²) in [6.07, 6.45) is 1.98. The van der Waals surface area contributed by atoms with Gasteiger partial charge in [-0.05, 0) is 32.3 Å². The van der Waals surface area contributed by atoms with E-state index in [0.29, 0.717) is 12.0 Å².